The van der Waals surface area contributed by atoms with Gasteiger partial charge in [0.15, 0.2) is 18.3 Å². The highest BCUT2D eigenvalue weighted by molar-refractivity contribution is 5.71. The first-order valence-electron chi connectivity index (χ1n) is 6.81. The van der Waals surface area contributed by atoms with Crippen molar-refractivity contribution in [3.8, 4) is 0 Å². The second kappa shape index (κ2) is 7.78. The molecule has 0 bridgehead atoms. The van der Waals surface area contributed by atoms with Crippen molar-refractivity contribution in [3.63, 3.8) is 0 Å². The Bertz CT molecular complexity index is 429. The number of hydrogen-bond acceptors (Lipinski definition) is 7. The van der Waals surface area contributed by atoms with Gasteiger partial charge < -0.3 is 19.3 Å². The third kappa shape index (κ3) is 4.86. The predicted octanol–water partition coefficient (Wildman–Crippen LogP) is 0.492. The van der Waals surface area contributed by atoms with Crippen molar-refractivity contribution in [3.05, 3.63) is 12.2 Å². The maximum Gasteiger partial charge on any atom is 0.306 e. The van der Waals surface area contributed by atoms with E-state index in [1.807, 2.05) is 0 Å². The Morgan fingerprint density at radius 2 is 1.48 bits per heavy atom. The number of rotatable bonds is 5. The molecule has 0 aliphatic heterocycles. The Hall–Kier alpha value is -1.89. The van der Waals surface area contributed by atoms with Gasteiger partial charge in [-0.15, -0.1) is 0 Å². The number of ether oxygens (including phenoxy) is 3. The van der Waals surface area contributed by atoms with Crippen molar-refractivity contribution in [2.24, 2.45) is 0 Å². The third-order valence-corrected chi connectivity index (χ3v) is 2.90. The average molecular weight is 300 g/mol. The molecule has 0 aromatic heterocycles. The molecule has 1 aliphatic carbocycles. The molecule has 0 amide bonds. The van der Waals surface area contributed by atoms with Crippen LogP contribution in [0.5, 0.6) is 0 Å². The molecule has 4 atom stereocenters. The number of esters is 3. The molecule has 0 heterocycles. The van der Waals surface area contributed by atoms with Gasteiger partial charge in [-0.1, -0.05) is 19.9 Å². The van der Waals surface area contributed by atoms with E-state index < -0.39 is 42.3 Å². The van der Waals surface area contributed by atoms with Crippen LogP contribution in [0.3, 0.4) is 0 Å². The van der Waals surface area contributed by atoms with E-state index in [9.17, 15) is 19.5 Å². The van der Waals surface area contributed by atoms with Gasteiger partial charge in [0.05, 0.1) is 0 Å². The van der Waals surface area contributed by atoms with E-state index in [2.05, 4.69) is 0 Å². The van der Waals surface area contributed by atoms with Gasteiger partial charge in [0.1, 0.15) is 6.10 Å². The maximum atomic E-state index is 11.5. The average Bonchev–Trinajstić information content (AvgIpc) is 2.44. The van der Waals surface area contributed by atoms with Crippen molar-refractivity contribution in [2.75, 3.05) is 0 Å². The second-order valence-corrected chi connectivity index (χ2v) is 4.57. The smallest absolute Gasteiger partial charge is 0.306 e. The summed E-state index contributed by atoms with van der Waals surface area (Å²) in [5.74, 6) is -1.66. The molecule has 0 aromatic rings. The minimum atomic E-state index is -1.14. The van der Waals surface area contributed by atoms with E-state index >= 15 is 0 Å². The standard InChI is InChI=1S/C14H20O7/c1-4-11(17)20-13-9(16)6-7-10(19-8(3)15)14(13)21-12(18)5-2/h6-7,9-10,13-14,16H,4-5H2,1-3H3/t9-,10+,13+,14+/m0/s1. The Kier molecular flexibility index (Phi) is 6.36. The molecule has 1 rings (SSSR count). The molecule has 1 N–H and O–H groups in total. The first-order chi connectivity index (χ1) is 9.88. The summed E-state index contributed by atoms with van der Waals surface area (Å²) in [6.07, 6.45) is -1.25. The first-order valence-corrected chi connectivity index (χ1v) is 6.81. The van der Waals surface area contributed by atoms with Crippen LogP contribution in [-0.4, -0.2) is 47.4 Å². The molecule has 0 fully saturated rings. The lowest BCUT2D eigenvalue weighted by Gasteiger charge is -2.35. The minimum absolute atomic E-state index is 0.109. The normalized spacial score (nSPS) is 27.8. The van der Waals surface area contributed by atoms with Gasteiger partial charge >= 0.3 is 17.9 Å². The molecule has 7 heteroatoms. The highest BCUT2D eigenvalue weighted by Crippen LogP contribution is 2.23. The number of carbonyl (C=O) groups excluding carboxylic acids is 3. The lowest BCUT2D eigenvalue weighted by Crippen LogP contribution is -2.52. The van der Waals surface area contributed by atoms with Gasteiger partial charge in [0.2, 0.25) is 0 Å². The molecule has 0 saturated heterocycles. The zero-order valence-electron chi connectivity index (χ0n) is 12.3. The van der Waals surface area contributed by atoms with E-state index in [-0.39, 0.29) is 12.8 Å². The number of hydrogen-bond donors (Lipinski definition) is 1. The third-order valence-electron chi connectivity index (χ3n) is 2.90. The van der Waals surface area contributed by atoms with Gasteiger partial charge in [-0.3, -0.25) is 14.4 Å². The molecule has 118 valence electrons. The van der Waals surface area contributed by atoms with Crippen LogP contribution in [0, 0.1) is 0 Å². The zero-order chi connectivity index (χ0) is 16.0. The number of carbonyl (C=O) groups is 3. The minimum Gasteiger partial charge on any atom is -0.455 e. The van der Waals surface area contributed by atoms with E-state index in [1.165, 1.54) is 19.1 Å². The molecular weight excluding hydrogens is 280 g/mol. The summed E-state index contributed by atoms with van der Waals surface area (Å²) in [5, 5.41) is 9.93. The fourth-order valence-corrected chi connectivity index (χ4v) is 1.86. The summed E-state index contributed by atoms with van der Waals surface area (Å²) in [6.45, 7) is 4.42. The van der Waals surface area contributed by atoms with Crippen molar-refractivity contribution >= 4 is 17.9 Å². The Balaban J connectivity index is 2.98. The second-order valence-electron chi connectivity index (χ2n) is 4.57. The van der Waals surface area contributed by atoms with Crippen LogP contribution in [0.2, 0.25) is 0 Å². The Labute approximate surface area is 122 Å². The van der Waals surface area contributed by atoms with Crippen LogP contribution in [0.25, 0.3) is 0 Å². The van der Waals surface area contributed by atoms with E-state index in [4.69, 9.17) is 14.2 Å². The van der Waals surface area contributed by atoms with Crippen LogP contribution in [-0.2, 0) is 28.6 Å². The van der Waals surface area contributed by atoms with Gasteiger partial charge in [-0.2, -0.15) is 0 Å². The highest BCUT2D eigenvalue weighted by atomic mass is 16.6. The fraction of sp³-hybridized carbons (Fsp3) is 0.643. The van der Waals surface area contributed by atoms with E-state index in [1.54, 1.807) is 13.8 Å². The van der Waals surface area contributed by atoms with E-state index in [0.717, 1.165) is 0 Å². The van der Waals surface area contributed by atoms with E-state index in [0.29, 0.717) is 0 Å². The quantitative estimate of drug-likeness (QED) is 0.448. The topological polar surface area (TPSA) is 99.1 Å². The van der Waals surface area contributed by atoms with Gasteiger partial charge in [0.25, 0.3) is 0 Å². The molecule has 0 radical (unpaired) electrons. The molecule has 0 saturated carbocycles. The molecule has 7 nitrogen and oxygen atoms in total. The van der Waals surface area contributed by atoms with Crippen molar-refractivity contribution in [1.29, 1.82) is 0 Å². The van der Waals surface area contributed by atoms with Gasteiger partial charge in [0, 0.05) is 19.8 Å². The lowest BCUT2D eigenvalue weighted by molar-refractivity contribution is -0.190. The summed E-state index contributed by atoms with van der Waals surface area (Å²) in [6, 6.07) is 0. The van der Waals surface area contributed by atoms with Crippen LogP contribution < -0.4 is 0 Å². The zero-order valence-corrected chi connectivity index (χ0v) is 12.3. The summed E-state index contributed by atoms with van der Waals surface area (Å²) in [5.41, 5.74) is 0. The molecule has 21 heavy (non-hydrogen) atoms. The first kappa shape index (κ1) is 17.2. The van der Waals surface area contributed by atoms with Crippen LogP contribution in [0.4, 0.5) is 0 Å². The molecule has 0 aromatic carbocycles. The summed E-state index contributed by atoms with van der Waals surface area (Å²) in [7, 11) is 0. The van der Waals surface area contributed by atoms with Crippen molar-refractivity contribution in [2.45, 2.75) is 58.0 Å². The Morgan fingerprint density at radius 3 is 1.95 bits per heavy atom. The van der Waals surface area contributed by atoms with Crippen molar-refractivity contribution in [1.82, 2.24) is 0 Å². The highest BCUT2D eigenvalue weighted by Gasteiger charge is 2.42. The molecule has 0 unspecified atom stereocenters. The SMILES string of the molecule is CCC(=O)O[C@H]1[C@H](OC(=O)CC)[C@H](OC(C)=O)C=C[C@@H]1O. The van der Waals surface area contributed by atoms with Crippen LogP contribution in [0.15, 0.2) is 12.2 Å². The van der Waals surface area contributed by atoms with Gasteiger partial charge in [-0.05, 0) is 6.08 Å². The fourth-order valence-electron chi connectivity index (χ4n) is 1.86. The molecule has 1 aliphatic rings. The summed E-state index contributed by atoms with van der Waals surface area (Å²) in [4.78, 5) is 34.1. The summed E-state index contributed by atoms with van der Waals surface area (Å²) >= 11 is 0. The van der Waals surface area contributed by atoms with Gasteiger partial charge in [-0.25, -0.2) is 0 Å². The monoisotopic (exact) mass is 300 g/mol. The molecular formula is C14H20O7. The number of aliphatic hydroxyl groups excluding tert-OH is 1. The Morgan fingerprint density at radius 1 is 0.952 bits per heavy atom. The molecule has 0 spiro atoms. The number of aliphatic hydroxyl groups is 1. The largest absolute Gasteiger partial charge is 0.455 e. The summed E-state index contributed by atoms with van der Waals surface area (Å²) < 4.78 is 15.3. The maximum absolute atomic E-state index is 11.5. The predicted molar refractivity (Wildman–Crippen MR) is 71.0 cm³/mol. The van der Waals surface area contributed by atoms with Crippen molar-refractivity contribution < 1.29 is 33.7 Å². The van der Waals surface area contributed by atoms with Crippen LogP contribution in [0.1, 0.15) is 33.6 Å². The van der Waals surface area contributed by atoms with Crippen LogP contribution >= 0.6 is 0 Å². The lowest BCUT2D eigenvalue weighted by atomic mass is 9.95.